The number of nitriles is 1. The number of carbonyl (C=O) groups excluding carboxylic acids is 1. The van der Waals surface area contributed by atoms with E-state index in [0.29, 0.717) is 18.6 Å². The van der Waals surface area contributed by atoms with Gasteiger partial charge in [0.1, 0.15) is 12.4 Å². The lowest BCUT2D eigenvalue weighted by Gasteiger charge is -2.24. The van der Waals surface area contributed by atoms with E-state index in [-0.39, 0.29) is 5.78 Å². The molecule has 2 aromatic rings. The lowest BCUT2D eigenvalue weighted by molar-refractivity contribution is 0.0972. The summed E-state index contributed by atoms with van der Waals surface area (Å²) < 4.78 is 5.80. The first kappa shape index (κ1) is 12.2. The predicted octanol–water partition coefficient (Wildman–Crippen LogP) is 3.64. The van der Waals surface area contributed by atoms with Crippen molar-refractivity contribution < 1.29 is 9.53 Å². The highest BCUT2D eigenvalue weighted by molar-refractivity contribution is 6.00. The SMILES string of the molecule is N#Cc1ccc2c(c1)COc1cc3c(cc1-2)CCCC3=O. The van der Waals surface area contributed by atoms with E-state index in [1.165, 1.54) is 0 Å². The van der Waals surface area contributed by atoms with Gasteiger partial charge in [0.25, 0.3) is 0 Å². The molecule has 1 heterocycles. The summed E-state index contributed by atoms with van der Waals surface area (Å²) in [6, 6.07) is 11.8. The number of hydrogen-bond acceptors (Lipinski definition) is 3. The maximum absolute atomic E-state index is 12.0. The second kappa shape index (κ2) is 4.46. The Morgan fingerprint density at radius 3 is 2.76 bits per heavy atom. The Morgan fingerprint density at radius 1 is 1.00 bits per heavy atom. The smallest absolute Gasteiger partial charge is 0.163 e. The van der Waals surface area contributed by atoms with Crippen LogP contribution < -0.4 is 4.74 Å². The van der Waals surface area contributed by atoms with Crippen molar-refractivity contribution >= 4 is 5.78 Å². The van der Waals surface area contributed by atoms with Gasteiger partial charge in [-0.1, -0.05) is 6.07 Å². The third-order valence-corrected chi connectivity index (χ3v) is 4.26. The molecule has 3 heteroatoms. The lowest BCUT2D eigenvalue weighted by Crippen LogP contribution is -2.13. The second-order valence-corrected chi connectivity index (χ2v) is 5.55. The Bertz CT molecular complexity index is 815. The van der Waals surface area contributed by atoms with E-state index in [9.17, 15) is 4.79 Å². The predicted molar refractivity (Wildman–Crippen MR) is 78.2 cm³/mol. The fourth-order valence-electron chi connectivity index (χ4n) is 3.20. The van der Waals surface area contributed by atoms with Crippen molar-refractivity contribution in [1.82, 2.24) is 0 Å². The zero-order valence-corrected chi connectivity index (χ0v) is 11.5. The van der Waals surface area contributed by atoms with Crippen molar-refractivity contribution in [3.05, 3.63) is 52.6 Å². The van der Waals surface area contributed by atoms with Gasteiger partial charge in [0, 0.05) is 17.5 Å². The maximum atomic E-state index is 12.0. The number of fused-ring (bicyclic) bond motifs is 4. The number of ketones is 1. The van der Waals surface area contributed by atoms with Gasteiger partial charge in [-0.3, -0.25) is 4.79 Å². The highest BCUT2D eigenvalue weighted by Gasteiger charge is 2.24. The van der Waals surface area contributed by atoms with Crippen LogP contribution in [0.3, 0.4) is 0 Å². The highest BCUT2D eigenvalue weighted by atomic mass is 16.5. The molecule has 0 spiro atoms. The molecule has 0 unspecified atom stereocenters. The van der Waals surface area contributed by atoms with Crippen molar-refractivity contribution in [2.45, 2.75) is 25.9 Å². The zero-order valence-electron chi connectivity index (χ0n) is 11.5. The molecular formula is C18H13NO2. The first-order valence-corrected chi connectivity index (χ1v) is 7.12. The molecule has 4 rings (SSSR count). The monoisotopic (exact) mass is 275 g/mol. The van der Waals surface area contributed by atoms with E-state index in [4.69, 9.17) is 10.00 Å². The highest BCUT2D eigenvalue weighted by Crippen LogP contribution is 2.41. The molecule has 0 bridgehead atoms. The van der Waals surface area contributed by atoms with Crippen LogP contribution in [0.5, 0.6) is 5.75 Å². The van der Waals surface area contributed by atoms with Crippen LogP contribution in [0.15, 0.2) is 30.3 Å². The molecule has 1 aliphatic carbocycles. The summed E-state index contributed by atoms with van der Waals surface area (Å²) in [5.74, 6) is 0.995. The van der Waals surface area contributed by atoms with E-state index in [1.54, 1.807) is 0 Å². The summed E-state index contributed by atoms with van der Waals surface area (Å²) >= 11 is 0. The average Bonchev–Trinajstić information content (AvgIpc) is 2.53. The summed E-state index contributed by atoms with van der Waals surface area (Å²) in [4.78, 5) is 12.0. The van der Waals surface area contributed by atoms with Crippen molar-refractivity contribution in [1.29, 1.82) is 5.26 Å². The number of Topliss-reactive ketones (excluding diaryl/α,β-unsaturated/α-hetero) is 1. The quantitative estimate of drug-likeness (QED) is 0.737. The molecule has 0 aromatic heterocycles. The van der Waals surface area contributed by atoms with Gasteiger partial charge in [0.15, 0.2) is 5.78 Å². The summed E-state index contributed by atoms with van der Waals surface area (Å²) in [5.41, 5.74) is 5.76. The molecule has 2 aliphatic rings. The number of carbonyl (C=O) groups is 1. The van der Waals surface area contributed by atoms with E-state index in [2.05, 4.69) is 12.1 Å². The number of hydrogen-bond donors (Lipinski definition) is 0. The second-order valence-electron chi connectivity index (χ2n) is 5.55. The number of rotatable bonds is 0. The Morgan fingerprint density at radius 2 is 1.90 bits per heavy atom. The molecule has 0 saturated heterocycles. The van der Waals surface area contributed by atoms with Crippen LogP contribution in [-0.4, -0.2) is 5.78 Å². The Kier molecular flexibility index (Phi) is 2.58. The molecule has 3 nitrogen and oxygen atoms in total. The van der Waals surface area contributed by atoms with Crippen LogP contribution >= 0.6 is 0 Å². The standard InChI is InChI=1S/C18H13NO2/c19-9-11-4-5-14-13(6-11)10-21-18-8-15-12(7-16(14)18)2-1-3-17(15)20/h4-8H,1-3,10H2. The van der Waals surface area contributed by atoms with Gasteiger partial charge in [0.05, 0.1) is 11.6 Å². The normalized spacial score (nSPS) is 15.3. The number of benzene rings is 2. The van der Waals surface area contributed by atoms with Crippen LogP contribution in [0, 0.1) is 11.3 Å². The molecular weight excluding hydrogens is 262 g/mol. The van der Waals surface area contributed by atoms with Crippen molar-refractivity contribution in [2.75, 3.05) is 0 Å². The minimum atomic E-state index is 0.216. The van der Waals surface area contributed by atoms with Gasteiger partial charge in [-0.2, -0.15) is 5.26 Å². The van der Waals surface area contributed by atoms with Gasteiger partial charge in [-0.05, 0) is 53.8 Å². The molecule has 0 N–H and O–H groups in total. The lowest BCUT2D eigenvalue weighted by atomic mass is 9.86. The van der Waals surface area contributed by atoms with Crippen LogP contribution in [0.4, 0.5) is 0 Å². The van der Waals surface area contributed by atoms with Crippen LogP contribution in [0.1, 0.15) is 39.9 Å². The minimum Gasteiger partial charge on any atom is -0.488 e. The van der Waals surface area contributed by atoms with Crippen molar-refractivity contribution in [3.63, 3.8) is 0 Å². The van der Waals surface area contributed by atoms with Crippen LogP contribution in [0.2, 0.25) is 0 Å². The molecule has 102 valence electrons. The van der Waals surface area contributed by atoms with Crippen LogP contribution in [-0.2, 0) is 13.0 Å². The first-order valence-electron chi connectivity index (χ1n) is 7.12. The molecule has 0 radical (unpaired) electrons. The van der Waals surface area contributed by atoms with E-state index in [1.807, 2.05) is 24.3 Å². The fourth-order valence-corrected chi connectivity index (χ4v) is 3.20. The van der Waals surface area contributed by atoms with Gasteiger partial charge in [-0.25, -0.2) is 0 Å². The maximum Gasteiger partial charge on any atom is 0.163 e. The fraction of sp³-hybridized carbons (Fsp3) is 0.222. The van der Waals surface area contributed by atoms with Crippen molar-refractivity contribution in [3.8, 4) is 22.9 Å². The third-order valence-electron chi connectivity index (χ3n) is 4.26. The topological polar surface area (TPSA) is 50.1 Å². The summed E-state index contributed by atoms with van der Waals surface area (Å²) in [7, 11) is 0. The molecule has 0 saturated carbocycles. The summed E-state index contributed by atoms with van der Waals surface area (Å²) in [6.07, 6.45) is 2.50. The number of ether oxygens (including phenoxy) is 1. The largest absolute Gasteiger partial charge is 0.488 e. The first-order chi connectivity index (χ1) is 10.3. The Balaban J connectivity index is 1.91. The van der Waals surface area contributed by atoms with Crippen molar-refractivity contribution in [2.24, 2.45) is 0 Å². The zero-order chi connectivity index (χ0) is 14.4. The number of nitrogens with zero attached hydrogens (tertiary/aromatic N) is 1. The van der Waals surface area contributed by atoms with E-state index < -0.39 is 0 Å². The van der Waals surface area contributed by atoms with Gasteiger partial charge in [0.2, 0.25) is 0 Å². The molecule has 0 atom stereocenters. The van der Waals surface area contributed by atoms with E-state index >= 15 is 0 Å². The number of aryl methyl sites for hydroxylation is 1. The third kappa shape index (κ3) is 1.84. The van der Waals surface area contributed by atoms with Gasteiger partial charge in [-0.15, -0.1) is 0 Å². The Labute approximate surface area is 122 Å². The van der Waals surface area contributed by atoms with Gasteiger partial charge >= 0.3 is 0 Å². The van der Waals surface area contributed by atoms with E-state index in [0.717, 1.165) is 46.4 Å². The average molecular weight is 275 g/mol. The van der Waals surface area contributed by atoms with Crippen LogP contribution in [0.25, 0.3) is 11.1 Å². The minimum absolute atomic E-state index is 0.216. The van der Waals surface area contributed by atoms with Gasteiger partial charge < -0.3 is 4.74 Å². The molecule has 0 fully saturated rings. The molecule has 0 amide bonds. The molecule has 2 aromatic carbocycles. The molecule has 1 aliphatic heterocycles. The summed E-state index contributed by atoms with van der Waals surface area (Å²) in [5, 5.41) is 8.99. The Hall–Kier alpha value is -2.60. The summed E-state index contributed by atoms with van der Waals surface area (Å²) in [6.45, 7) is 0.449. The molecule has 21 heavy (non-hydrogen) atoms.